The van der Waals surface area contributed by atoms with Crippen molar-refractivity contribution in [3.63, 3.8) is 0 Å². The molecule has 0 saturated carbocycles. The van der Waals surface area contributed by atoms with Crippen LogP contribution >= 0.6 is 0 Å². The average Bonchev–Trinajstić information content (AvgIpc) is 2.00. The van der Waals surface area contributed by atoms with Crippen LogP contribution in [0.15, 0.2) is 0 Å². The van der Waals surface area contributed by atoms with E-state index in [1.54, 1.807) is 6.92 Å². The summed E-state index contributed by atoms with van der Waals surface area (Å²) in [5.41, 5.74) is 0. The number of carbonyl (C=O) groups is 2. The van der Waals surface area contributed by atoms with Crippen LogP contribution in [0, 0.1) is 24.2 Å². The molecule has 0 bridgehead atoms. The highest BCUT2D eigenvalue weighted by molar-refractivity contribution is 5.93. The van der Waals surface area contributed by atoms with Crippen LogP contribution in [-0.4, -0.2) is 35.0 Å². The first-order valence-corrected chi connectivity index (χ1v) is 4.04. The molecule has 1 atom stereocenters. The summed E-state index contributed by atoms with van der Waals surface area (Å²) in [7, 11) is 0. The van der Waals surface area contributed by atoms with E-state index in [1.807, 2.05) is 5.92 Å². The lowest BCUT2D eigenvalue weighted by Gasteiger charge is -2.39. The molecule has 4 nitrogen and oxygen atoms in total. The Bertz CT molecular complexity index is 273. The van der Waals surface area contributed by atoms with Crippen LogP contribution in [0.4, 0.5) is 0 Å². The molecule has 1 fully saturated rings. The van der Waals surface area contributed by atoms with Crippen molar-refractivity contribution in [3.05, 3.63) is 0 Å². The Kier molecular flexibility index (Phi) is 2.57. The molecule has 13 heavy (non-hydrogen) atoms. The van der Waals surface area contributed by atoms with Crippen molar-refractivity contribution in [2.24, 2.45) is 11.8 Å². The minimum Gasteiger partial charge on any atom is -0.481 e. The molecule has 0 aromatic carbocycles. The summed E-state index contributed by atoms with van der Waals surface area (Å²) in [6.45, 7) is 2.58. The third-order valence-corrected chi connectivity index (χ3v) is 2.42. The first-order valence-electron chi connectivity index (χ1n) is 4.04. The van der Waals surface area contributed by atoms with E-state index in [0.717, 1.165) is 0 Å². The number of carboxylic acid groups (broad SMARTS) is 1. The summed E-state index contributed by atoms with van der Waals surface area (Å²) in [5, 5.41) is 8.66. The third-order valence-electron chi connectivity index (χ3n) is 2.42. The first kappa shape index (κ1) is 9.59. The molecule has 70 valence electrons. The van der Waals surface area contributed by atoms with Crippen LogP contribution in [0.25, 0.3) is 0 Å². The standard InChI is InChI=1S/C9H11NO3/c1-3-8(11)10-4-7(5-10)6(2)9(12)13/h1,6-7H,4-5H2,2H3,(H,12,13). The lowest BCUT2D eigenvalue weighted by Crippen LogP contribution is -2.53. The predicted molar refractivity (Wildman–Crippen MR) is 45.7 cm³/mol. The fourth-order valence-corrected chi connectivity index (χ4v) is 1.29. The highest BCUT2D eigenvalue weighted by Gasteiger charge is 2.36. The monoisotopic (exact) mass is 181 g/mol. The van der Waals surface area contributed by atoms with Crippen molar-refractivity contribution in [2.75, 3.05) is 13.1 Å². The Morgan fingerprint density at radius 3 is 2.54 bits per heavy atom. The van der Waals surface area contributed by atoms with Gasteiger partial charge in [0.15, 0.2) is 0 Å². The number of carboxylic acids is 1. The average molecular weight is 181 g/mol. The zero-order valence-corrected chi connectivity index (χ0v) is 7.36. The Morgan fingerprint density at radius 1 is 1.62 bits per heavy atom. The number of likely N-dealkylation sites (tertiary alicyclic amines) is 1. The van der Waals surface area contributed by atoms with Gasteiger partial charge in [-0.15, -0.1) is 6.42 Å². The topological polar surface area (TPSA) is 57.6 Å². The number of nitrogens with zero attached hydrogens (tertiary/aromatic N) is 1. The fraction of sp³-hybridized carbons (Fsp3) is 0.556. The molecule has 1 aliphatic heterocycles. The molecule has 1 amide bonds. The normalized spacial score (nSPS) is 18.6. The molecule has 0 aromatic rings. The second-order valence-corrected chi connectivity index (χ2v) is 3.24. The summed E-state index contributed by atoms with van der Waals surface area (Å²) in [5.74, 6) is 0.470. The number of hydrogen-bond donors (Lipinski definition) is 1. The molecule has 4 heteroatoms. The number of hydrogen-bond acceptors (Lipinski definition) is 2. The summed E-state index contributed by atoms with van der Waals surface area (Å²) >= 11 is 0. The number of amides is 1. The van der Waals surface area contributed by atoms with Gasteiger partial charge in [0, 0.05) is 19.0 Å². The molecule has 1 heterocycles. The van der Waals surface area contributed by atoms with Crippen LogP contribution in [0.5, 0.6) is 0 Å². The largest absolute Gasteiger partial charge is 0.481 e. The molecule has 1 N–H and O–H groups in total. The maximum atomic E-state index is 10.9. The maximum absolute atomic E-state index is 10.9. The molecule has 0 radical (unpaired) electrons. The molecule has 1 unspecified atom stereocenters. The fourth-order valence-electron chi connectivity index (χ4n) is 1.29. The minimum absolute atomic E-state index is 0.0507. The quantitative estimate of drug-likeness (QED) is 0.600. The van der Waals surface area contributed by atoms with Crippen LogP contribution in [0.2, 0.25) is 0 Å². The van der Waals surface area contributed by atoms with Crippen LogP contribution in [0.3, 0.4) is 0 Å². The smallest absolute Gasteiger partial charge is 0.306 e. The highest BCUT2D eigenvalue weighted by atomic mass is 16.4. The summed E-state index contributed by atoms with van der Waals surface area (Å²) < 4.78 is 0. The van der Waals surface area contributed by atoms with Crippen molar-refractivity contribution in [1.29, 1.82) is 0 Å². The van der Waals surface area contributed by atoms with Crippen LogP contribution in [0.1, 0.15) is 6.92 Å². The van der Waals surface area contributed by atoms with Gasteiger partial charge in [0.2, 0.25) is 0 Å². The number of terminal acetylenes is 1. The molecule has 0 aliphatic carbocycles. The highest BCUT2D eigenvalue weighted by Crippen LogP contribution is 2.23. The number of rotatable bonds is 2. The Balaban J connectivity index is 2.38. The van der Waals surface area contributed by atoms with Gasteiger partial charge in [-0.25, -0.2) is 0 Å². The van der Waals surface area contributed by atoms with E-state index in [4.69, 9.17) is 11.5 Å². The van der Waals surface area contributed by atoms with Gasteiger partial charge in [0.1, 0.15) is 0 Å². The molecular formula is C9H11NO3. The lowest BCUT2D eigenvalue weighted by atomic mass is 9.87. The second-order valence-electron chi connectivity index (χ2n) is 3.24. The number of carbonyl (C=O) groups excluding carboxylic acids is 1. The maximum Gasteiger partial charge on any atom is 0.306 e. The molecule has 1 rings (SSSR count). The zero-order valence-electron chi connectivity index (χ0n) is 7.36. The Hall–Kier alpha value is -1.50. The van der Waals surface area contributed by atoms with Crippen molar-refractivity contribution < 1.29 is 14.7 Å². The van der Waals surface area contributed by atoms with Gasteiger partial charge in [0.05, 0.1) is 5.92 Å². The van der Waals surface area contributed by atoms with Gasteiger partial charge in [-0.05, 0) is 5.92 Å². The number of aliphatic carboxylic acids is 1. The van der Waals surface area contributed by atoms with Gasteiger partial charge < -0.3 is 10.0 Å². The van der Waals surface area contributed by atoms with Crippen molar-refractivity contribution in [1.82, 2.24) is 4.90 Å². The van der Waals surface area contributed by atoms with E-state index in [9.17, 15) is 9.59 Å². The summed E-state index contributed by atoms with van der Waals surface area (Å²) in [6.07, 6.45) is 4.91. The Labute approximate surface area is 76.5 Å². The van der Waals surface area contributed by atoms with Gasteiger partial charge >= 0.3 is 5.97 Å². The van der Waals surface area contributed by atoms with E-state index in [2.05, 4.69) is 0 Å². The van der Waals surface area contributed by atoms with E-state index in [-0.39, 0.29) is 11.8 Å². The van der Waals surface area contributed by atoms with E-state index in [1.165, 1.54) is 4.90 Å². The second kappa shape index (κ2) is 3.48. The lowest BCUT2D eigenvalue weighted by molar-refractivity contribution is -0.148. The third kappa shape index (κ3) is 1.81. The van der Waals surface area contributed by atoms with Gasteiger partial charge in [-0.1, -0.05) is 6.92 Å². The molecular weight excluding hydrogens is 170 g/mol. The summed E-state index contributed by atoms with van der Waals surface area (Å²) in [6, 6.07) is 0. The van der Waals surface area contributed by atoms with Crippen LogP contribution < -0.4 is 0 Å². The van der Waals surface area contributed by atoms with E-state index in [0.29, 0.717) is 13.1 Å². The zero-order chi connectivity index (χ0) is 10.0. The van der Waals surface area contributed by atoms with E-state index >= 15 is 0 Å². The SMILES string of the molecule is C#CC(=O)N1CC(C(C)C(=O)O)C1. The first-order chi connectivity index (χ1) is 6.06. The minimum atomic E-state index is -0.821. The van der Waals surface area contributed by atoms with E-state index < -0.39 is 11.9 Å². The van der Waals surface area contributed by atoms with Crippen molar-refractivity contribution in [2.45, 2.75) is 6.92 Å². The Morgan fingerprint density at radius 2 is 2.15 bits per heavy atom. The van der Waals surface area contributed by atoms with Crippen molar-refractivity contribution in [3.8, 4) is 12.3 Å². The molecule has 1 aliphatic rings. The van der Waals surface area contributed by atoms with Gasteiger partial charge in [0.25, 0.3) is 5.91 Å². The molecule has 0 spiro atoms. The predicted octanol–water partition coefficient (Wildman–Crippen LogP) is -0.201. The van der Waals surface area contributed by atoms with Crippen molar-refractivity contribution >= 4 is 11.9 Å². The summed E-state index contributed by atoms with van der Waals surface area (Å²) in [4.78, 5) is 22.9. The van der Waals surface area contributed by atoms with Gasteiger partial charge in [-0.2, -0.15) is 0 Å². The molecule has 1 saturated heterocycles. The van der Waals surface area contributed by atoms with Crippen LogP contribution in [-0.2, 0) is 9.59 Å². The molecule has 0 aromatic heterocycles. The van der Waals surface area contributed by atoms with Gasteiger partial charge in [-0.3, -0.25) is 9.59 Å².